The standard InChI is InChI=1S/C10H9ClO4/c11-15-10(13)8-3-4-14-9-5-6(12)1-2-7(8)9/h1-2,5,8,12H,3-4H2. The second kappa shape index (κ2) is 3.98. The first-order valence-electron chi connectivity index (χ1n) is 4.50. The van der Waals surface area contributed by atoms with Crippen molar-refractivity contribution in [3.05, 3.63) is 23.8 Å². The molecule has 0 saturated carbocycles. The molecule has 0 fully saturated rings. The maximum atomic E-state index is 11.3. The Labute approximate surface area is 91.5 Å². The molecule has 1 atom stereocenters. The third-order valence-corrected chi connectivity index (χ3v) is 2.55. The molecule has 5 heteroatoms. The van der Waals surface area contributed by atoms with Gasteiger partial charge in [0.1, 0.15) is 23.4 Å². The number of halogens is 1. The molecule has 0 bridgehead atoms. The van der Waals surface area contributed by atoms with E-state index < -0.39 is 11.9 Å². The zero-order valence-corrected chi connectivity index (χ0v) is 8.53. The van der Waals surface area contributed by atoms with E-state index in [9.17, 15) is 9.90 Å². The summed E-state index contributed by atoms with van der Waals surface area (Å²) in [7, 11) is 0. The van der Waals surface area contributed by atoms with Crippen LogP contribution in [0.15, 0.2) is 18.2 Å². The first kappa shape index (κ1) is 10.1. The molecule has 0 spiro atoms. The average Bonchev–Trinajstić information content (AvgIpc) is 2.26. The van der Waals surface area contributed by atoms with Gasteiger partial charge < -0.3 is 14.1 Å². The zero-order valence-electron chi connectivity index (χ0n) is 7.77. The second-order valence-electron chi connectivity index (χ2n) is 3.31. The van der Waals surface area contributed by atoms with Crippen LogP contribution in [0.1, 0.15) is 17.9 Å². The minimum absolute atomic E-state index is 0.105. The highest BCUT2D eigenvalue weighted by molar-refractivity contribution is 6.13. The number of rotatable bonds is 1. The highest BCUT2D eigenvalue weighted by atomic mass is 35.5. The van der Waals surface area contributed by atoms with Crippen molar-refractivity contribution in [1.29, 1.82) is 0 Å². The Kier molecular flexibility index (Phi) is 2.68. The van der Waals surface area contributed by atoms with Crippen molar-refractivity contribution >= 4 is 17.8 Å². The number of benzene rings is 1. The summed E-state index contributed by atoms with van der Waals surface area (Å²) in [6.45, 7) is 0.410. The molecular formula is C10H9ClO4. The number of phenolic OH excluding ortho intramolecular Hbond substituents is 1. The van der Waals surface area contributed by atoms with E-state index in [-0.39, 0.29) is 5.75 Å². The molecule has 4 nitrogen and oxygen atoms in total. The van der Waals surface area contributed by atoms with Crippen molar-refractivity contribution in [3.63, 3.8) is 0 Å². The minimum atomic E-state index is -0.494. The van der Waals surface area contributed by atoms with E-state index in [4.69, 9.17) is 16.6 Å². The molecule has 1 aliphatic rings. The lowest BCUT2D eigenvalue weighted by Crippen LogP contribution is -2.21. The summed E-state index contributed by atoms with van der Waals surface area (Å²) in [5.41, 5.74) is 0.699. The predicted molar refractivity (Wildman–Crippen MR) is 52.9 cm³/mol. The smallest absolute Gasteiger partial charge is 0.332 e. The summed E-state index contributed by atoms with van der Waals surface area (Å²) in [6, 6.07) is 4.62. The van der Waals surface area contributed by atoms with Gasteiger partial charge in [-0.25, -0.2) is 4.79 Å². The van der Waals surface area contributed by atoms with Crippen molar-refractivity contribution < 1.29 is 18.9 Å². The van der Waals surface area contributed by atoms with Gasteiger partial charge in [0.2, 0.25) is 0 Å². The summed E-state index contributed by atoms with van der Waals surface area (Å²) < 4.78 is 9.51. The van der Waals surface area contributed by atoms with Crippen LogP contribution in [-0.4, -0.2) is 17.7 Å². The number of hydrogen-bond donors (Lipinski definition) is 1. The minimum Gasteiger partial charge on any atom is -0.508 e. The monoisotopic (exact) mass is 228 g/mol. The molecule has 0 saturated heterocycles. The van der Waals surface area contributed by atoms with Crippen LogP contribution in [0.2, 0.25) is 0 Å². The van der Waals surface area contributed by atoms with Crippen LogP contribution in [0.25, 0.3) is 0 Å². The third kappa shape index (κ3) is 1.85. The number of carbonyl (C=O) groups is 1. The second-order valence-corrected chi connectivity index (χ2v) is 3.46. The van der Waals surface area contributed by atoms with E-state index in [1.165, 1.54) is 12.1 Å². The molecule has 1 aromatic carbocycles. The van der Waals surface area contributed by atoms with Crippen molar-refractivity contribution in [2.45, 2.75) is 12.3 Å². The number of aromatic hydroxyl groups is 1. The topological polar surface area (TPSA) is 55.8 Å². The lowest BCUT2D eigenvalue weighted by molar-refractivity contribution is -0.136. The van der Waals surface area contributed by atoms with Crippen molar-refractivity contribution in [2.75, 3.05) is 6.61 Å². The number of carbonyl (C=O) groups excluding carboxylic acids is 1. The third-order valence-electron chi connectivity index (χ3n) is 2.40. The van der Waals surface area contributed by atoms with E-state index >= 15 is 0 Å². The molecule has 0 aliphatic carbocycles. The average molecular weight is 229 g/mol. The molecular weight excluding hydrogens is 220 g/mol. The van der Waals surface area contributed by atoms with Crippen LogP contribution in [0.4, 0.5) is 0 Å². The Hall–Kier alpha value is -1.42. The van der Waals surface area contributed by atoms with Gasteiger partial charge in [-0.1, -0.05) is 6.07 Å². The lowest BCUT2D eigenvalue weighted by atomic mass is 9.93. The highest BCUT2D eigenvalue weighted by Gasteiger charge is 2.29. The quantitative estimate of drug-likeness (QED) is 0.798. The van der Waals surface area contributed by atoms with Gasteiger partial charge in [0.05, 0.1) is 12.5 Å². The number of fused-ring (bicyclic) bond motifs is 1. The predicted octanol–water partition coefficient (Wildman–Crippen LogP) is 1.96. The van der Waals surface area contributed by atoms with Gasteiger partial charge in [-0.2, -0.15) is 0 Å². The van der Waals surface area contributed by atoms with E-state index in [1.54, 1.807) is 6.07 Å². The summed E-state index contributed by atoms with van der Waals surface area (Å²) in [5, 5.41) is 9.25. The molecule has 0 aromatic heterocycles. The van der Waals surface area contributed by atoms with Crippen LogP contribution in [0, 0.1) is 0 Å². The molecule has 15 heavy (non-hydrogen) atoms. The molecule has 0 amide bonds. The fourth-order valence-electron chi connectivity index (χ4n) is 1.68. The number of ether oxygens (including phenoxy) is 1. The Balaban J connectivity index is 2.38. The Morgan fingerprint density at radius 2 is 2.40 bits per heavy atom. The Morgan fingerprint density at radius 1 is 1.60 bits per heavy atom. The Morgan fingerprint density at radius 3 is 3.13 bits per heavy atom. The van der Waals surface area contributed by atoms with Gasteiger partial charge in [0, 0.05) is 11.6 Å². The molecule has 1 N–H and O–H groups in total. The van der Waals surface area contributed by atoms with Crippen LogP contribution in [-0.2, 0) is 9.08 Å². The van der Waals surface area contributed by atoms with Crippen LogP contribution in [0.5, 0.6) is 11.5 Å². The fraction of sp³-hybridized carbons (Fsp3) is 0.300. The van der Waals surface area contributed by atoms with E-state index in [0.717, 1.165) is 0 Å². The van der Waals surface area contributed by atoms with Crippen molar-refractivity contribution in [3.8, 4) is 11.5 Å². The van der Waals surface area contributed by atoms with Crippen LogP contribution < -0.4 is 4.74 Å². The highest BCUT2D eigenvalue weighted by Crippen LogP contribution is 2.36. The molecule has 1 aromatic rings. The molecule has 0 radical (unpaired) electrons. The van der Waals surface area contributed by atoms with Crippen LogP contribution in [0.3, 0.4) is 0 Å². The summed E-state index contributed by atoms with van der Waals surface area (Å²) in [4.78, 5) is 11.3. The van der Waals surface area contributed by atoms with E-state index in [0.29, 0.717) is 24.3 Å². The molecule has 80 valence electrons. The normalized spacial score (nSPS) is 18.9. The van der Waals surface area contributed by atoms with Gasteiger partial charge in [-0.3, -0.25) is 0 Å². The van der Waals surface area contributed by atoms with Crippen molar-refractivity contribution in [2.24, 2.45) is 0 Å². The largest absolute Gasteiger partial charge is 0.508 e. The number of hydrogen-bond acceptors (Lipinski definition) is 4. The molecule has 1 aliphatic heterocycles. The molecule has 1 heterocycles. The van der Waals surface area contributed by atoms with Gasteiger partial charge >= 0.3 is 5.97 Å². The van der Waals surface area contributed by atoms with Gasteiger partial charge in [-0.15, -0.1) is 0 Å². The molecule has 1 unspecified atom stereocenters. The molecule has 2 rings (SSSR count). The fourth-order valence-corrected chi connectivity index (χ4v) is 1.78. The zero-order chi connectivity index (χ0) is 10.8. The number of phenols is 1. The first-order chi connectivity index (χ1) is 7.22. The summed E-state index contributed by atoms with van der Waals surface area (Å²) >= 11 is 5.04. The summed E-state index contributed by atoms with van der Waals surface area (Å²) in [5.74, 6) is -0.291. The van der Waals surface area contributed by atoms with Crippen molar-refractivity contribution in [1.82, 2.24) is 0 Å². The van der Waals surface area contributed by atoms with Gasteiger partial charge in [0.25, 0.3) is 0 Å². The first-order valence-corrected chi connectivity index (χ1v) is 4.81. The lowest BCUT2D eigenvalue weighted by Gasteiger charge is -2.23. The van der Waals surface area contributed by atoms with Crippen LogP contribution >= 0.6 is 11.9 Å². The van der Waals surface area contributed by atoms with E-state index in [2.05, 4.69) is 4.29 Å². The summed E-state index contributed by atoms with van der Waals surface area (Å²) in [6.07, 6.45) is 0.531. The van der Waals surface area contributed by atoms with Gasteiger partial charge in [0.15, 0.2) is 0 Å². The maximum Gasteiger partial charge on any atom is 0.332 e. The SMILES string of the molecule is O=C(OCl)C1CCOc2cc(O)ccc21. The maximum absolute atomic E-state index is 11.3. The Bertz CT molecular complexity index is 391. The van der Waals surface area contributed by atoms with Gasteiger partial charge in [-0.05, 0) is 12.5 Å². The van der Waals surface area contributed by atoms with E-state index in [1.807, 2.05) is 0 Å².